The number of para-hydroxylation sites is 1. The quantitative estimate of drug-likeness (QED) is 0.730. The predicted octanol–water partition coefficient (Wildman–Crippen LogP) is 4.33. The summed E-state index contributed by atoms with van der Waals surface area (Å²) in [4.78, 5) is 18.5. The fourth-order valence-corrected chi connectivity index (χ4v) is 4.04. The predicted molar refractivity (Wildman–Crippen MR) is 106 cm³/mol. The van der Waals surface area contributed by atoms with Crippen molar-refractivity contribution in [3.8, 4) is 5.75 Å². The number of hydrogen-bond donors (Lipinski definition) is 2. The second kappa shape index (κ2) is 6.05. The Morgan fingerprint density at radius 3 is 2.96 bits per heavy atom. The molecule has 5 rings (SSSR count). The standard InChI is InChI=1S/C22H23N3O2/c1-13(2)12-23-14-7-8-19-17(11-14)21(26)25-10-9-16-15-5-3-4-6-18(15)24-20(16)22(25)27-19/h3-8,11,13,22-24H,9-10,12H2,1-2H3. The molecule has 2 aromatic carbocycles. The average Bonchev–Trinajstić information content (AvgIpc) is 3.06. The van der Waals surface area contributed by atoms with Crippen LogP contribution in [0.2, 0.25) is 0 Å². The van der Waals surface area contributed by atoms with Crippen molar-refractivity contribution in [1.29, 1.82) is 0 Å². The number of aromatic nitrogens is 1. The lowest BCUT2D eigenvalue weighted by Gasteiger charge is -2.39. The first-order valence-electron chi connectivity index (χ1n) is 9.57. The van der Waals surface area contributed by atoms with E-state index in [1.807, 2.05) is 29.2 Å². The number of amides is 1. The SMILES string of the molecule is CC(C)CNc1ccc2c(c1)C(=O)N1CCc3c([nH]c4ccccc34)C1O2. The van der Waals surface area contributed by atoms with Crippen LogP contribution < -0.4 is 10.1 Å². The Morgan fingerprint density at radius 1 is 1.26 bits per heavy atom. The van der Waals surface area contributed by atoms with E-state index >= 15 is 0 Å². The van der Waals surface area contributed by atoms with Gasteiger partial charge >= 0.3 is 0 Å². The zero-order valence-electron chi connectivity index (χ0n) is 15.6. The fourth-order valence-electron chi connectivity index (χ4n) is 4.04. The van der Waals surface area contributed by atoms with Gasteiger partial charge < -0.3 is 15.0 Å². The third-order valence-corrected chi connectivity index (χ3v) is 5.40. The number of benzene rings is 2. The van der Waals surface area contributed by atoms with E-state index in [1.54, 1.807) is 0 Å². The number of carbonyl (C=O) groups is 1. The van der Waals surface area contributed by atoms with E-state index in [1.165, 1.54) is 10.9 Å². The van der Waals surface area contributed by atoms with Crippen LogP contribution in [0.15, 0.2) is 42.5 Å². The molecule has 5 heteroatoms. The molecule has 2 aliphatic rings. The van der Waals surface area contributed by atoms with Crippen LogP contribution in [0.4, 0.5) is 5.69 Å². The maximum atomic E-state index is 13.2. The highest BCUT2D eigenvalue weighted by Gasteiger charge is 2.40. The van der Waals surface area contributed by atoms with Gasteiger partial charge in [-0.3, -0.25) is 9.69 Å². The van der Waals surface area contributed by atoms with Gasteiger partial charge in [0.1, 0.15) is 5.75 Å². The highest BCUT2D eigenvalue weighted by Crippen LogP contribution is 2.41. The number of anilines is 1. The summed E-state index contributed by atoms with van der Waals surface area (Å²) in [7, 11) is 0. The van der Waals surface area contributed by atoms with E-state index in [2.05, 4.69) is 42.3 Å². The van der Waals surface area contributed by atoms with Crippen LogP contribution in [0.3, 0.4) is 0 Å². The summed E-state index contributed by atoms with van der Waals surface area (Å²) >= 11 is 0. The molecular weight excluding hydrogens is 338 g/mol. The monoisotopic (exact) mass is 361 g/mol. The van der Waals surface area contributed by atoms with Crippen LogP contribution in [0.5, 0.6) is 5.75 Å². The topological polar surface area (TPSA) is 57.4 Å². The molecule has 0 saturated carbocycles. The van der Waals surface area contributed by atoms with Crippen LogP contribution in [0.1, 0.15) is 41.7 Å². The first kappa shape index (κ1) is 16.2. The van der Waals surface area contributed by atoms with Gasteiger partial charge in [0.2, 0.25) is 6.23 Å². The Labute approximate surface area is 158 Å². The van der Waals surface area contributed by atoms with Crippen molar-refractivity contribution < 1.29 is 9.53 Å². The first-order valence-corrected chi connectivity index (χ1v) is 9.57. The number of nitrogens with one attached hydrogen (secondary N) is 2. The van der Waals surface area contributed by atoms with E-state index in [9.17, 15) is 4.79 Å². The van der Waals surface area contributed by atoms with Gasteiger partial charge in [-0.2, -0.15) is 0 Å². The van der Waals surface area contributed by atoms with Crippen molar-refractivity contribution in [3.63, 3.8) is 0 Å². The maximum absolute atomic E-state index is 13.2. The van der Waals surface area contributed by atoms with Crippen LogP contribution >= 0.6 is 0 Å². The summed E-state index contributed by atoms with van der Waals surface area (Å²) in [5.74, 6) is 1.24. The van der Waals surface area contributed by atoms with E-state index in [0.717, 1.165) is 29.9 Å². The molecule has 1 atom stereocenters. The van der Waals surface area contributed by atoms with Gasteiger partial charge in [-0.1, -0.05) is 32.0 Å². The number of fused-ring (bicyclic) bond motifs is 6. The lowest BCUT2D eigenvalue weighted by Crippen LogP contribution is -2.45. The van der Waals surface area contributed by atoms with E-state index < -0.39 is 0 Å². The zero-order chi connectivity index (χ0) is 18.5. The molecule has 1 aromatic heterocycles. The molecule has 1 unspecified atom stereocenters. The van der Waals surface area contributed by atoms with Crippen molar-refractivity contribution in [1.82, 2.24) is 9.88 Å². The number of carbonyl (C=O) groups excluding carboxylic acids is 1. The smallest absolute Gasteiger partial charge is 0.260 e. The van der Waals surface area contributed by atoms with Crippen molar-refractivity contribution >= 4 is 22.5 Å². The Kier molecular flexibility index (Phi) is 3.64. The lowest BCUT2D eigenvalue weighted by atomic mass is 9.99. The molecule has 2 N–H and O–H groups in total. The van der Waals surface area contributed by atoms with Gasteiger partial charge in [0.25, 0.3) is 5.91 Å². The Morgan fingerprint density at radius 2 is 2.11 bits per heavy atom. The number of ether oxygens (including phenoxy) is 1. The summed E-state index contributed by atoms with van der Waals surface area (Å²) in [5, 5.41) is 4.61. The highest BCUT2D eigenvalue weighted by atomic mass is 16.5. The van der Waals surface area contributed by atoms with E-state index in [-0.39, 0.29) is 12.1 Å². The third-order valence-electron chi connectivity index (χ3n) is 5.40. The van der Waals surface area contributed by atoms with Gasteiger partial charge in [0, 0.05) is 29.7 Å². The van der Waals surface area contributed by atoms with Crippen LogP contribution in [0.25, 0.3) is 10.9 Å². The lowest BCUT2D eigenvalue weighted by molar-refractivity contribution is 0.00205. The molecule has 138 valence electrons. The van der Waals surface area contributed by atoms with Crippen LogP contribution in [-0.4, -0.2) is 28.9 Å². The van der Waals surface area contributed by atoms with Crippen LogP contribution in [-0.2, 0) is 6.42 Å². The third kappa shape index (κ3) is 2.57. The Hall–Kier alpha value is -2.95. The number of H-pyrrole nitrogens is 1. The summed E-state index contributed by atoms with van der Waals surface area (Å²) in [6.07, 6.45) is 0.460. The molecule has 0 fully saturated rings. The van der Waals surface area contributed by atoms with E-state index in [4.69, 9.17) is 4.74 Å². The molecule has 3 aromatic rings. The summed E-state index contributed by atoms with van der Waals surface area (Å²) in [6, 6.07) is 14.1. The number of aromatic amines is 1. The second-order valence-corrected chi connectivity index (χ2v) is 7.77. The molecule has 2 aliphatic heterocycles. The number of nitrogens with zero attached hydrogens (tertiary/aromatic N) is 1. The Balaban J connectivity index is 1.52. The summed E-state index contributed by atoms with van der Waals surface area (Å²) in [6.45, 7) is 5.87. The van der Waals surface area contributed by atoms with Gasteiger partial charge in [-0.15, -0.1) is 0 Å². The van der Waals surface area contributed by atoms with Crippen LogP contribution in [0, 0.1) is 5.92 Å². The first-order chi connectivity index (χ1) is 13.1. The van der Waals surface area contributed by atoms with Crippen molar-refractivity contribution in [2.75, 3.05) is 18.4 Å². The minimum Gasteiger partial charge on any atom is -0.464 e. The fraction of sp³-hybridized carbons (Fsp3) is 0.318. The molecule has 3 heterocycles. The molecular formula is C22H23N3O2. The van der Waals surface area contributed by atoms with Gasteiger partial charge in [-0.25, -0.2) is 0 Å². The zero-order valence-corrected chi connectivity index (χ0v) is 15.6. The summed E-state index contributed by atoms with van der Waals surface area (Å²) in [5.41, 5.74) is 4.96. The molecule has 1 amide bonds. The molecule has 0 saturated heterocycles. The molecule has 0 bridgehead atoms. The molecule has 5 nitrogen and oxygen atoms in total. The minimum absolute atomic E-state index is 0.0405. The highest BCUT2D eigenvalue weighted by molar-refractivity contribution is 5.99. The molecule has 0 spiro atoms. The Bertz CT molecular complexity index is 1040. The number of rotatable bonds is 3. The summed E-state index contributed by atoms with van der Waals surface area (Å²) < 4.78 is 6.29. The van der Waals surface area contributed by atoms with Crippen molar-refractivity contribution in [2.45, 2.75) is 26.5 Å². The van der Waals surface area contributed by atoms with Gasteiger partial charge in [0.05, 0.1) is 11.3 Å². The second-order valence-electron chi connectivity index (χ2n) is 7.77. The van der Waals surface area contributed by atoms with Crippen molar-refractivity contribution in [3.05, 3.63) is 59.3 Å². The van der Waals surface area contributed by atoms with Gasteiger partial charge in [0.15, 0.2) is 0 Å². The number of hydrogen-bond acceptors (Lipinski definition) is 3. The van der Waals surface area contributed by atoms with Crippen molar-refractivity contribution in [2.24, 2.45) is 5.92 Å². The average molecular weight is 361 g/mol. The minimum atomic E-state index is -0.379. The van der Waals surface area contributed by atoms with E-state index in [0.29, 0.717) is 23.8 Å². The molecule has 0 radical (unpaired) electrons. The maximum Gasteiger partial charge on any atom is 0.260 e. The molecule has 0 aliphatic carbocycles. The molecule has 27 heavy (non-hydrogen) atoms. The van der Waals surface area contributed by atoms with Gasteiger partial charge in [-0.05, 0) is 42.2 Å². The largest absolute Gasteiger partial charge is 0.464 e. The normalized spacial score (nSPS) is 18.1.